The summed E-state index contributed by atoms with van der Waals surface area (Å²) in [6, 6.07) is 23.4. The molecule has 1 aliphatic heterocycles. The molecule has 0 bridgehead atoms. The second-order valence-corrected chi connectivity index (χ2v) is 9.74. The van der Waals surface area contributed by atoms with E-state index in [-0.39, 0.29) is 5.91 Å². The van der Waals surface area contributed by atoms with Crippen molar-refractivity contribution in [2.75, 3.05) is 32.1 Å². The van der Waals surface area contributed by atoms with Gasteiger partial charge in [0.15, 0.2) is 0 Å². The zero-order valence-corrected chi connectivity index (χ0v) is 22.0. The summed E-state index contributed by atoms with van der Waals surface area (Å²) in [4.78, 5) is 13.3. The Balaban J connectivity index is 1.27. The number of carbonyl (C=O) groups is 1. The molecule has 2 N–H and O–H groups in total. The first kappa shape index (κ1) is 25.8. The van der Waals surface area contributed by atoms with E-state index in [4.69, 9.17) is 14.2 Å². The molecule has 0 spiro atoms. The topological polar surface area (TPSA) is 73.8 Å². The Morgan fingerprint density at radius 2 is 1.68 bits per heavy atom. The molecule has 1 aliphatic rings. The standard InChI is InChI=1S/C31H35N3O4/c1-34-29-9-4-3-6-23(29)18-30(34)31(35)33-28-8-5-7-24(20-36-2)27(28)21-38-26-12-10-25(11-13-26)37-19-22-14-16-32-17-15-22/h3-13,18,22,32H,14-17,19-21H2,1-2H3,(H,33,35). The maximum atomic E-state index is 13.3. The third-order valence-corrected chi connectivity index (χ3v) is 7.16. The van der Waals surface area contributed by atoms with Crippen LogP contribution in [0.15, 0.2) is 72.8 Å². The third-order valence-electron chi connectivity index (χ3n) is 7.16. The number of aryl methyl sites for hydroxylation is 1. The van der Waals surface area contributed by atoms with Crippen molar-refractivity contribution in [1.82, 2.24) is 9.88 Å². The minimum Gasteiger partial charge on any atom is -0.493 e. The molecule has 7 nitrogen and oxygen atoms in total. The summed E-state index contributed by atoms with van der Waals surface area (Å²) in [6.45, 7) is 3.58. The highest BCUT2D eigenvalue weighted by atomic mass is 16.5. The van der Waals surface area contributed by atoms with Crippen molar-refractivity contribution in [3.8, 4) is 11.5 Å². The van der Waals surface area contributed by atoms with Gasteiger partial charge < -0.3 is 29.4 Å². The largest absolute Gasteiger partial charge is 0.493 e. The van der Waals surface area contributed by atoms with Crippen molar-refractivity contribution in [3.05, 3.63) is 89.6 Å². The van der Waals surface area contributed by atoms with Crippen LogP contribution in [0.1, 0.15) is 34.5 Å². The number of rotatable bonds is 10. The number of para-hydroxylation sites is 1. The van der Waals surface area contributed by atoms with E-state index < -0.39 is 0 Å². The van der Waals surface area contributed by atoms with Crippen LogP contribution in [0.2, 0.25) is 0 Å². The molecule has 0 saturated carbocycles. The predicted molar refractivity (Wildman–Crippen MR) is 150 cm³/mol. The number of piperidine rings is 1. The van der Waals surface area contributed by atoms with Crippen LogP contribution in [0.3, 0.4) is 0 Å². The number of carbonyl (C=O) groups excluding carboxylic acids is 1. The van der Waals surface area contributed by atoms with Gasteiger partial charge >= 0.3 is 0 Å². The number of aromatic nitrogens is 1. The highest BCUT2D eigenvalue weighted by molar-refractivity contribution is 6.06. The van der Waals surface area contributed by atoms with Crippen molar-refractivity contribution in [2.45, 2.75) is 26.1 Å². The Hall–Kier alpha value is -3.81. The molecule has 1 saturated heterocycles. The van der Waals surface area contributed by atoms with Gasteiger partial charge in [0.05, 0.1) is 13.2 Å². The number of anilines is 1. The minimum absolute atomic E-state index is 0.172. The van der Waals surface area contributed by atoms with Crippen molar-refractivity contribution >= 4 is 22.5 Å². The van der Waals surface area contributed by atoms with E-state index in [1.54, 1.807) is 7.11 Å². The summed E-state index contributed by atoms with van der Waals surface area (Å²) in [6.07, 6.45) is 2.31. The molecule has 2 heterocycles. The Kier molecular flexibility index (Phi) is 8.26. The smallest absolute Gasteiger partial charge is 0.272 e. The third kappa shape index (κ3) is 6.01. The first-order valence-corrected chi connectivity index (χ1v) is 13.1. The average Bonchev–Trinajstić information content (AvgIpc) is 3.29. The first-order chi connectivity index (χ1) is 18.6. The van der Waals surface area contributed by atoms with Gasteiger partial charge in [-0.25, -0.2) is 0 Å². The number of benzene rings is 3. The van der Waals surface area contributed by atoms with Gasteiger partial charge in [-0.2, -0.15) is 0 Å². The molecule has 7 heteroatoms. The number of nitrogens with zero attached hydrogens (tertiary/aromatic N) is 1. The van der Waals surface area contributed by atoms with Crippen LogP contribution >= 0.6 is 0 Å². The lowest BCUT2D eigenvalue weighted by molar-refractivity contribution is 0.101. The molecule has 1 aromatic heterocycles. The number of fused-ring (bicyclic) bond motifs is 1. The van der Waals surface area contributed by atoms with Crippen LogP contribution in [0, 0.1) is 5.92 Å². The van der Waals surface area contributed by atoms with E-state index in [2.05, 4.69) is 10.6 Å². The monoisotopic (exact) mass is 513 g/mol. The van der Waals surface area contributed by atoms with Gasteiger partial charge in [0, 0.05) is 36.3 Å². The molecule has 4 aromatic rings. The number of nitrogens with one attached hydrogen (secondary N) is 2. The molecule has 0 atom stereocenters. The predicted octanol–water partition coefficient (Wildman–Crippen LogP) is 5.53. The van der Waals surface area contributed by atoms with Crippen LogP contribution in [-0.2, 0) is 25.0 Å². The lowest BCUT2D eigenvalue weighted by Gasteiger charge is -2.22. The normalized spacial score (nSPS) is 13.9. The van der Waals surface area contributed by atoms with Gasteiger partial charge in [0.25, 0.3) is 5.91 Å². The summed E-state index contributed by atoms with van der Waals surface area (Å²) in [5.41, 5.74) is 4.15. The molecule has 5 rings (SSSR count). The molecule has 0 unspecified atom stereocenters. The van der Waals surface area contributed by atoms with Crippen LogP contribution < -0.4 is 20.1 Å². The molecular formula is C31H35N3O4. The fourth-order valence-corrected chi connectivity index (χ4v) is 4.96. The van der Waals surface area contributed by atoms with E-state index in [0.29, 0.717) is 30.5 Å². The number of hydrogen-bond donors (Lipinski definition) is 2. The van der Waals surface area contributed by atoms with Crippen LogP contribution in [-0.4, -0.2) is 37.3 Å². The quantitative estimate of drug-likeness (QED) is 0.292. The second-order valence-electron chi connectivity index (χ2n) is 9.74. The second kappa shape index (κ2) is 12.2. The van der Waals surface area contributed by atoms with Crippen molar-refractivity contribution in [2.24, 2.45) is 13.0 Å². The van der Waals surface area contributed by atoms with Crippen LogP contribution in [0.4, 0.5) is 5.69 Å². The van der Waals surface area contributed by atoms with Gasteiger partial charge in [-0.1, -0.05) is 30.3 Å². The average molecular weight is 514 g/mol. The van der Waals surface area contributed by atoms with Gasteiger partial charge in [-0.05, 0) is 79.9 Å². The maximum absolute atomic E-state index is 13.3. The highest BCUT2D eigenvalue weighted by Gasteiger charge is 2.17. The van der Waals surface area contributed by atoms with Crippen molar-refractivity contribution in [3.63, 3.8) is 0 Å². The lowest BCUT2D eigenvalue weighted by atomic mass is 9.99. The van der Waals surface area contributed by atoms with Crippen molar-refractivity contribution in [1.29, 1.82) is 0 Å². The molecule has 3 aromatic carbocycles. The lowest BCUT2D eigenvalue weighted by Crippen LogP contribution is -2.30. The molecule has 1 amide bonds. The molecular weight excluding hydrogens is 478 g/mol. The fraction of sp³-hybridized carbons (Fsp3) is 0.323. The summed E-state index contributed by atoms with van der Waals surface area (Å²) in [5, 5.41) is 7.51. The Bertz CT molecular complexity index is 1370. The number of amides is 1. The summed E-state index contributed by atoms with van der Waals surface area (Å²) in [5.74, 6) is 2.01. The SMILES string of the molecule is COCc1cccc(NC(=O)c2cc3ccccc3n2C)c1COc1ccc(OCC2CCNCC2)cc1. The number of methoxy groups -OCH3 is 1. The number of hydrogen-bond acceptors (Lipinski definition) is 5. The molecule has 0 radical (unpaired) electrons. The fourth-order valence-electron chi connectivity index (χ4n) is 4.96. The first-order valence-electron chi connectivity index (χ1n) is 13.1. The molecule has 198 valence electrons. The molecule has 38 heavy (non-hydrogen) atoms. The number of ether oxygens (including phenoxy) is 3. The van der Waals surface area contributed by atoms with E-state index in [0.717, 1.165) is 66.1 Å². The Morgan fingerprint density at radius 3 is 2.42 bits per heavy atom. The van der Waals surface area contributed by atoms with Gasteiger partial charge in [0.1, 0.15) is 23.8 Å². The summed E-state index contributed by atoms with van der Waals surface area (Å²) < 4.78 is 19.5. The minimum atomic E-state index is -0.172. The maximum Gasteiger partial charge on any atom is 0.272 e. The van der Waals surface area contributed by atoms with E-state index in [1.165, 1.54) is 0 Å². The van der Waals surface area contributed by atoms with Gasteiger partial charge in [-0.3, -0.25) is 4.79 Å². The molecule has 1 fully saturated rings. The van der Waals surface area contributed by atoms with Crippen LogP contribution in [0.5, 0.6) is 11.5 Å². The summed E-state index contributed by atoms with van der Waals surface area (Å²) in [7, 11) is 3.57. The summed E-state index contributed by atoms with van der Waals surface area (Å²) >= 11 is 0. The van der Waals surface area contributed by atoms with E-state index >= 15 is 0 Å². The van der Waals surface area contributed by atoms with Crippen LogP contribution in [0.25, 0.3) is 10.9 Å². The zero-order chi connectivity index (χ0) is 26.3. The van der Waals surface area contributed by atoms with Gasteiger partial charge in [0.2, 0.25) is 0 Å². The van der Waals surface area contributed by atoms with Crippen molar-refractivity contribution < 1.29 is 19.0 Å². The van der Waals surface area contributed by atoms with E-state index in [1.807, 2.05) is 84.4 Å². The Morgan fingerprint density at radius 1 is 0.947 bits per heavy atom. The molecule has 0 aliphatic carbocycles. The van der Waals surface area contributed by atoms with Gasteiger partial charge in [-0.15, -0.1) is 0 Å². The zero-order valence-electron chi connectivity index (χ0n) is 22.0. The highest BCUT2D eigenvalue weighted by Crippen LogP contribution is 2.26. The van der Waals surface area contributed by atoms with E-state index in [9.17, 15) is 4.79 Å². The Labute approximate surface area is 223 Å².